The van der Waals surface area contributed by atoms with Crippen LogP contribution in [0.3, 0.4) is 0 Å². The van der Waals surface area contributed by atoms with Crippen molar-refractivity contribution < 1.29 is 13.6 Å². The fraction of sp³-hybridized carbons (Fsp3) is 0.250. The fourth-order valence-electron chi connectivity index (χ4n) is 3.20. The van der Waals surface area contributed by atoms with Gasteiger partial charge in [0.1, 0.15) is 11.6 Å². The lowest BCUT2D eigenvalue weighted by molar-refractivity contribution is 0.0946. The summed E-state index contributed by atoms with van der Waals surface area (Å²) in [6, 6.07) is 10.2. The zero-order valence-corrected chi connectivity index (χ0v) is 14.4. The molecule has 0 unspecified atom stereocenters. The van der Waals surface area contributed by atoms with Crippen molar-refractivity contribution in [2.45, 2.75) is 32.9 Å². The molecule has 0 aliphatic rings. The van der Waals surface area contributed by atoms with E-state index in [2.05, 4.69) is 10.3 Å². The van der Waals surface area contributed by atoms with Crippen molar-refractivity contribution in [1.29, 1.82) is 0 Å². The van der Waals surface area contributed by atoms with Gasteiger partial charge in [-0.25, -0.2) is 8.78 Å². The van der Waals surface area contributed by atoms with Crippen molar-refractivity contribution in [3.8, 4) is 0 Å². The first-order valence-electron chi connectivity index (χ1n) is 8.21. The summed E-state index contributed by atoms with van der Waals surface area (Å²) >= 11 is 0. The van der Waals surface area contributed by atoms with Crippen molar-refractivity contribution in [3.05, 3.63) is 70.9 Å². The van der Waals surface area contributed by atoms with Gasteiger partial charge in [0.25, 0.3) is 0 Å². The minimum absolute atomic E-state index is 0.0654. The van der Waals surface area contributed by atoms with Crippen molar-refractivity contribution in [3.63, 3.8) is 0 Å². The first kappa shape index (κ1) is 17.3. The maximum absolute atomic E-state index is 13.9. The van der Waals surface area contributed by atoms with Crippen LogP contribution in [0, 0.1) is 18.6 Å². The summed E-state index contributed by atoms with van der Waals surface area (Å²) in [5.41, 5.74) is 2.69. The third kappa shape index (κ3) is 3.33. The van der Waals surface area contributed by atoms with Gasteiger partial charge in [-0.1, -0.05) is 24.3 Å². The molecule has 0 spiro atoms. The average Bonchev–Trinajstić information content (AvgIpc) is 2.89. The minimum atomic E-state index is -0.622. The van der Waals surface area contributed by atoms with Crippen LogP contribution in [-0.2, 0) is 0 Å². The Morgan fingerprint density at radius 1 is 1.12 bits per heavy atom. The SMILES string of the molecule is Cc1[nH]c2ccccc2c1C(=O)[C@@H](C)N[C@H](C)c1ccc(F)cc1F. The second kappa shape index (κ2) is 6.76. The molecule has 3 nitrogen and oxygen atoms in total. The Labute approximate surface area is 145 Å². The van der Waals surface area contributed by atoms with Gasteiger partial charge in [-0.15, -0.1) is 0 Å². The maximum atomic E-state index is 13.9. The number of aromatic amines is 1. The summed E-state index contributed by atoms with van der Waals surface area (Å²) in [4.78, 5) is 16.1. The number of rotatable bonds is 5. The second-order valence-electron chi connectivity index (χ2n) is 6.31. The molecule has 0 aliphatic carbocycles. The van der Waals surface area contributed by atoms with E-state index in [4.69, 9.17) is 0 Å². The van der Waals surface area contributed by atoms with E-state index in [0.717, 1.165) is 22.7 Å². The van der Waals surface area contributed by atoms with Crippen LogP contribution in [0.5, 0.6) is 0 Å². The monoisotopic (exact) mass is 342 g/mol. The van der Waals surface area contributed by atoms with E-state index in [0.29, 0.717) is 11.1 Å². The number of hydrogen-bond donors (Lipinski definition) is 2. The number of aromatic nitrogens is 1. The van der Waals surface area contributed by atoms with Gasteiger partial charge in [0.15, 0.2) is 5.78 Å². The number of aryl methyl sites for hydroxylation is 1. The Kier molecular flexibility index (Phi) is 4.68. The molecular formula is C20H20F2N2O. The molecule has 2 aromatic carbocycles. The average molecular weight is 342 g/mol. The van der Waals surface area contributed by atoms with Gasteiger partial charge in [0.2, 0.25) is 0 Å². The number of carbonyl (C=O) groups excluding carboxylic acids is 1. The molecule has 0 fully saturated rings. The van der Waals surface area contributed by atoms with Crippen LogP contribution in [0.25, 0.3) is 10.9 Å². The molecule has 2 atom stereocenters. The summed E-state index contributed by atoms with van der Waals surface area (Å²) in [5.74, 6) is -1.31. The van der Waals surface area contributed by atoms with Gasteiger partial charge in [-0.2, -0.15) is 0 Å². The Morgan fingerprint density at radius 2 is 1.84 bits per heavy atom. The van der Waals surface area contributed by atoms with E-state index < -0.39 is 23.7 Å². The molecule has 3 aromatic rings. The van der Waals surface area contributed by atoms with Crippen LogP contribution in [0.15, 0.2) is 42.5 Å². The molecule has 0 radical (unpaired) electrons. The molecule has 0 bridgehead atoms. The highest BCUT2D eigenvalue weighted by atomic mass is 19.1. The summed E-state index contributed by atoms with van der Waals surface area (Å²) in [5, 5.41) is 3.98. The van der Waals surface area contributed by atoms with Crippen LogP contribution >= 0.6 is 0 Å². The Morgan fingerprint density at radius 3 is 2.56 bits per heavy atom. The van der Waals surface area contributed by atoms with E-state index in [9.17, 15) is 13.6 Å². The molecule has 1 heterocycles. The van der Waals surface area contributed by atoms with E-state index in [1.165, 1.54) is 12.1 Å². The highest BCUT2D eigenvalue weighted by Gasteiger charge is 2.23. The van der Waals surface area contributed by atoms with Gasteiger partial charge in [-0.3, -0.25) is 4.79 Å². The van der Waals surface area contributed by atoms with Crippen LogP contribution < -0.4 is 5.32 Å². The summed E-state index contributed by atoms with van der Waals surface area (Å²) in [7, 11) is 0. The number of halogens is 2. The molecule has 0 saturated carbocycles. The van der Waals surface area contributed by atoms with E-state index in [1.54, 1.807) is 13.8 Å². The second-order valence-corrected chi connectivity index (χ2v) is 6.31. The molecule has 5 heteroatoms. The van der Waals surface area contributed by atoms with Crippen molar-refractivity contribution >= 4 is 16.7 Å². The van der Waals surface area contributed by atoms with Crippen molar-refractivity contribution in [2.24, 2.45) is 0 Å². The molecule has 130 valence electrons. The van der Waals surface area contributed by atoms with Crippen molar-refractivity contribution in [2.75, 3.05) is 0 Å². The van der Waals surface area contributed by atoms with Crippen LogP contribution in [0.2, 0.25) is 0 Å². The highest BCUT2D eigenvalue weighted by Crippen LogP contribution is 2.24. The normalized spacial score (nSPS) is 13.8. The number of fused-ring (bicyclic) bond motifs is 1. The zero-order chi connectivity index (χ0) is 18.1. The predicted molar refractivity (Wildman–Crippen MR) is 94.7 cm³/mol. The lowest BCUT2D eigenvalue weighted by Gasteiger charge is -2.20. The van der Waals surface area contributed by atoms with Gasteiger partial charge < -0.3 is 10.3 Å². The van der Waals surface area contributed by atoms with Crippen LogP contribution in [-0.4, -0.2) is 16.8 Å². The highest BCUT2D eigenvalue weighted by molar-refractivity contribution is 6.11. The lowest BCUT2D eigenvalue weighted by atomic mass is 10.00. The van der Waals surface area contributed by atoms with E-state index >= 15 is 0 Å². The number of ketones is 1. The minimum Gasteiger partial charge on any atom is -0.358 e. The summed E-state index contributed by atoms with van der Waals surface area (Å²) in [6.45, 7) is 5.37. The maximum Gasteiger partial charge on any atom is 0.181 e. The first-order valence-corrected chi connectivity index (χ1v) is 8.21. The number of Topliss-reactive ketones (excluding diaryl/α,β-unsaturated/α-hetero) is 1. The quantitative estimate of drug-likeness (QED) is 0.662. The first-order chi connectivity index (χ1) is 11.9. The lowest BCUT2D eigenvalue weighted by Crippen LogP contribution is -2.36. The number of hydrogen-bond acceptors (Lipinski definition) is 2. The third-order valence-electron chi connectivity index (χ3n) is 4.46. The Bertz CT molecular complexity index is 933. The molecular weight excluding hydrogens is 322 g/mol. The molecule has 25 heavy (non-hydrogen) atoms. The van der Waals surface area contributed by atoms with E-state index in [-0.39, 0.29) is 5.78 Å². The smallest absolute Gasteiger partial charge is 0.181 e. The van der Waals surface area contributed by atoms with Gasteiger partial charge >= 0.3 is 0 Å². The standard InChI is InChI=1S/C20H20F2N2O/c1-11(15-9-8-14(21)10-17(15)22)23-13(3)20(25)19-12(2)24-18-7-5-4-6-16(18)19/h4-11,13,23-24H,1-3H3/t11-,13-/m1/s1. The molecule has 0 amide bonds. The number of benzene rings is 2. The van der Waals surface area contributed by atoms with Crippen LogP contribution in [0.4, 0.5) is 8.78 Å². The van der Waals surface area contributed by atoms with Crippen LogP contribution in [0.1, 0.15) is 41.5 Å². The largest absolute Gasteiger partial charge is 0.358 e. The number of para-hydroxylation sites is 1. The number of H-pyrrole nitrogens is 1. The van der Waals surface area contributed by atoms with Gasteiger partial charge in [0, 0.05) is 39.8 Å². The Hall–Kier alpha value is -2.53. The van der Waals surface area contributed by atoms with Crippen molar-refractivity contribution in [1.82, 2.24) is 10.3 Å². The fourth-order valence-corrected chi connectivity index (χ4v) is 3.20. The summed E-state index contributed by atoms with van der Waals surface area (Å²) in [6.07, 6.45) is 0. The summed E-state index contributed by atoms with van der Waals surface area (Å²) < 4.78 is 27.0. The molecule has 1 aromatic heterocycles. The molecule has 3 rings (SSSR count). The Balaban J connectivity index is 1.83. The molecule has 0 saturated heterocycles. The van der Waals surface area contributed by atoms with E-state index in [1.807, 2.05) is 31.2 Å². The third-order valence-corrected chi connectivity index (χ3v) is 4.46. The molecule has 0 aliphatic heterocycles. The molecule has 2 N–H and O–H groups in total. The number of nitrogens with one attached hydrogen (secondary N) is 2. The number of carbonyl (C=O) groups is 1. The van der Waals surface area contributed by atoms with Gasteiger partial charge in [0.05, 0.1) is 6.04 Å². The van der Waals surface area contributed by atoms with Gasteiger partial charge in [-0.05, 0) is 32.9 Å². The topological polar surface area (TPSA) is 44.9 Å². The zero-order valence-electron chi connectivity index (χ0n) is 14.4. The predicted octanol–water partition coefficient (Wildman–Crippen LogP) is 4.68.